The van der Waals surface area contributed by atoms with Crippen LogP contribution in [0.5, 0.6) is 17.2 Å². The van der Waals surface area contributed by atoms with Crippen molar-refractivity contribution in [1.29, 1.82) is 0 Å². The van der Waals surface area contributed by atoms with E-state index in [1.807, 2.05) is 19.1 Å². The van der Waals surface area contributed by atoms with Gasteiger partial charge in [0.05, 0.1) is 18.8 Å². The maximum absolute atomic E-state index is 12.6. The van der Waals surface area contributed by atoms with E-state index < -0.39 is 5.97 Å². The summed E-state index contributed by atoms with van der Waals surface area (Å²) in [7, 11) is 0. The summed E-state index contributed by atoms with van der Waals surface area (Å²) in [5.74, 6) is 1.60. The standard InChI is InChI=1S/C28H31NO5/c1-4-18-32-24-12-8-22(9-13-24)28(31)34-26-14-6-21(7-15-26)27(30)29-23-10-16-25(17-11-23)33-19-20(3)5-2/h6-17,20H,4-5,18-19H2,1-3H3,(H,29,30). The highest BCUT2D eigenvalue weighted by Gasteiger charge is 2.11. The minimum atomic E-state index is -0.477. The second kappa shape index (κ2) is 12.4. The van der Waals surface area contributed by atoms with E-state index in [1.54, 1.807) is 60.7 Å². The van der Waals surface area contributed by atoms with Crippen molar-refractivity contribution in [2.75, 3.05) is 18.5 Å². The van der Waals surface area contributed by atoms with Crippen LogP contribution in [0.2, 0.25) is 0 Å². The van der Waals surface area contributed by atoms with Gasteiger partial charge in [-0.15, -0.1) is 0 Å². The third-order valence-corrected chi connectivity index (χ3v) is 5.23. The molecule has 1 unspecified atom stereocenters. The zero-order chi connectivity index (χ0) is 24.3. The molecule has 3 aromatic rings. The number of esters is 1. The van der Waals surface area contributed by atoms with Crippen LogP contribution in [0.3, 0.4) is 0 Å². The zero-order valence-electron chi connectivity index (χ0n) is 19.9. The van der Waals surface area contributed by atoms with Crippen LogP contribution >= 0.6 is 0 Å². The molecule has 6 nitrogen and oxygen atoms in total. The van der Waals surface area contributed by atoms with Gasteiger partial charge in [0.1, 0.15) is 17.2 Å². The average molecular weight is 462 g/mol. The van der Waals surface area contributed by atoms with Crippen LogP contribution < -0.4 is 19.5 Å². The molecule has 34 heavy (non-hydrogen) atoms. The van der Waals surface area contributed by atoms with E-state index in [0.29, 0.717) is 47.4 Å². The van der Waals surface area contributed by atoms with Crippen molar-refractivity contribution in [2.24, 2.45) is 5.92 Å². The molecule has 0 saturated heterocycles. The molecule has 1 amide bonds. The molecule has 1 atom stereocenters. The van der Waals surface area contributed by atoms with Crippen LogP contribution in [0.4, 0.5) is 5.69 Å². The molecular weight excluding hydrogens is 430 g/mol. The summed E-state index contributed by atoms with van der Waals surface area (Å²) >= 11 is 0. The molecule has 0 aliphatic carbocycles. The van der Waals surface area contributed by atoms with Crippen molar-refractivity contribution in [3.63, 3.8) is 0 Å². The molecule has 0 radical (unpaired) electrons. The van der Waals surface area contributed by atoms with Crippen molar-refractivity contribution < 1.29 is 23.8 Å². The summed E-state index contributed by atoms with van der Waals surface area (Å²) in [5.41, 5.74) is 1.54. The molecule has 0 aliphatic rings. The van der Waals surface area contributed by atoms with E-state index in [9.17, 15) is 9.59 Å². The van der Waals surface area contributed by atoms with Crippen molar-refractivity contribution in [1.82, 2.24) is 0 Å². The smallest absolute Gasteiger partial charge is 0.343 e. The van der Waals surface area contributed by atoms with Gasteiger partial charge in [-0.2, -0.15) is 0 Å². The third-order valence-electron chi connectivity index (χ3n) is 5.23. The van der Waals surface area contributed by atoms with Gasteiger partial charge < -0.3 is 19.5 Å². The number of nitrogens with one attached hydrogen (secondary N) is 1. The Hall–Kier alpha value is -3.80. The fraction of sp³-hybridized carbons (Fsp3) is 0.286. The van der Waals surface area contributed by atoms with E-state index in [1.165, 1.54) is 0 Å². The summed E-state index contributed by atoms with van der Waals surface area (Å²) in [6, 6.07) is 20.5. The molecule has 0 bridgehead atoms. The molecule has 0 saturated carbocycles. The summed E-state index contributed by atoms with van der Waals surface area (Å²) in [5, 5.41) is 2.85. The molecule has 0 fully saturated rings. The lowest BCUT2D eigenvalue weighted by atomic mass is 10.1. The Bertz CT molecular complexity index is 1060. The van der Waals surface area contributed by atoms with Gasteiger partial charge in [-0.25, -0.2) is 4.79 Å². The molecule has 178 valence electrons. The maximum atomic E-state index is 12.6. The number of carbonyl (C=O) groups excluding carboxylic acids is 2. The van der Waals surface area contributed by atoms with Crippen LogP contribution in [-0.2, 0) is 0 Å². The molecular formula is C28H31NO5. The van der Waals surface area contributed by atoms with Gasteiger partial charge in [0.15, 0.2) is 0 Å². The van der Waals surface area contributed by atoms with Gasteiger partial charge in [-0.3, -0.25) is 4.79 Å². The van der Waals surface area contributed by atoms with Crippen LogP contribution in [-0.4, -0.2) is 25.1 Å². The van der Waals surface area contributed by atoms with Crippen molar-refractivity contribution in [3.05, 3.63) is 83.9 Å². The Labute approximate surface area is 200 Å². The molecule has 0 spiro atoms. The fourth-order valence-electron chi connectivity index (χ4n) is 2.94. The van der Waals surface area contributed by atoms with Crippen molar-refractivity contribution in [3.8, 4) is 17.2 Å². The predicted molar refractivity (Wildman–Crippen MR) is 133 cm³/mol. The molecule has 6 heteroatoms. The number of hydrogen-bond acceptors (Lipinski definition) is 5. The maximum Gasteiger partial charge on any atom is 0.343 e. The van der Waals surface area contributed by atoms with Crippen LogP contribution in [0.25, 0.3) is 0 Å². The van der Waals surface area contributed by atoms with E-state index in [4.69, 9.17) is 14.2 Å². The number of amides is 1. The SMILES string of the molecule is CCCOc1ccc(C(=O)Oc2ccc(C(=O)Nc3ccc(OCC(C)CC)cc3)cc2)cc1. The highest BCUT2D eigenvalue weighted by molar-refractivity contribution is 6.04. The molecule has 3 aromatic carbocycles. The number of rotatable bonds is 11. The summed E-state index contributed by atoms with van der Waals surface area (Å²) in [6.07, 6.45) is 1.98. The quantitative estimate of drug-likeness (QED) is 0.265. The van der Waals surface area contributed by atoms with Gasteiger partial charge in [-0.1, -0.05) is 27.2 Å². The largest absolute Gasteiger partial charge is 0.494 e. The van der Waals surface area contributed by atoms with E-state index >= 15 is 0 Å². The first-order valence-electron chi connectivity index (χ1n) is 11.6. The summed E-state index contributed by atoms with van der Waals surface area (Å²) in [6.45, 7) is 7.59. The zero-order valence-corrected chi connectivity index (χ0v) is 19.9. The van der Waals surface area contributed by atoms with E-state index in [0.717, 1.165) is 18.6 Å². The lowest BCUT2D eigenvalue weighted by Gasteiger charge is -2.12. The second-order valence-corrected chi connectivity index (χ2v) is 8.09. The first kappa shape index (κ1) is 24.8. The number of carbonyl (C=O) groups is 2. The Morgan fingerprint density at radius 1 is 0.765 bits per heavy atom. The monoisotopic (exact) mass is 461 g/mol. The van der Waals surface area contributed by atoms with Crippen LogP contribution in [0, 0.1) is 5.92 Å². The summed E-state index contributed by atoms with van der Waals surface area (Å²) in [4.78, 5) is 24.9. The van der Waals surface area contributed by atoms with Gasteiger partial charge in [0.25, 0.3) is 5.91 Å². The Morgan fingerprint density at radius 3 is 1.94 bits per heavy atom. The minimum absolute atomic E-state index is 0.256. The summed E-state index contributed by atoms with van der Waals surface area (Å²) < 4.78 is 16.7. The van der Waals surface area contributed by atoms with Gasteiger partial charge in [0, 0.05) is 11.3 Å². The van der Waals surface area contributed by atoms with Crippen LogP contribution in [0.1, 0.15) is 54.3 Å². The van der Waals surface area contributed by atoms with Gasteiger partial charge >= 0.3 is 5.97 Å². The topological polar surface area (TPSA) is 73.9 Å². The Balaban J connectivity index is 1.52. The highest BCUT2D eigenvalue weighted by Crippen LogP contribution is 2.20. The van der Waals surface area contributed by atoms with Crippen LogP contribution in [0.15, 0.2) is 72.8 Å². The second-order valence-electron chi connectivity index (χ2n) is 8.09. The van der Waals surface area contributed by atoms with Gasteiger partial charge in [0.2, 0.25) is 0 Å². The normalized spacial score (nSPS) is 11.4. The van der Waals surface area contributed by atoms with E-state index in [2.05, 4.69) is 19.2 Å². The first-order chi connectivity index (χ1) is 16.5. The van der Waals surface area contributed by atoms with Crippen molar-refractivity contribution in [2.45, 2.75) is 33.6 Å². The minimum Gasteiger partial charge on any atom is -0.494 e. The lowest BCUT2D eigenvalue weighted by Crippen LogP contribution is -2.12. The Kier molecular flexibility index (Phi) is 9.09. The molecule has 0 aromatic heterocycles. The molecule has 0 heterocycles. The predicted octanol–water partition coefficient (Wildman–Crippen LogP) is 6.37. The lowest BCUT2D eigenvalue weighted by molar-refractivity contribution is 0.0734. The number of ether oxygens (including phenoxy) is 3. The Morgan fingerprint density at radius 2 is 1.32 bits per heavy atom. The van der Waals surface area contributed by atoms with Gasteiger partial charge in [-0.05, 0) is 85.1 Å². The molecule has 3 rings (SSSR count). The number of anilines is 1. The number of hydrogen-bond donors (Lipinski definition) is 1. The first-order valence-corrected chi connectivity index (χ1v) is 11.6. The number of benzene rings is 3. The molecule has 1 N–H and O–H groups in total. The highest BCUT2D eigenvalue weighted by atomic mass is 16.5. The third kappa shape index (κ3) is 7.37. The average Bonchev–Trinajstić information content (AvgIpc) is 2.87. The fourth-order valence-corrected chi connectivity index (χ4v) is 2.94. The van der Waals surface area contributed by atoms with Crippen molar-refractivity contribution >= 4 is 17.6 Å². The van der Waals surface area contributed by atoms with E-state index in [-0.39, 0.29) is 5.91 Å². The molecule has 0 aliphatic heterocycles.